The third-order valence-corrected chi connectivity index (χ3v) is 7.72. The van der Waals surface area contributed by atoms with Gasteiger partial charge in [0.25, 0.3) is 11.5 Å². The lowest BCUT2D eigenvalue weighted by molar-refractivity contribution is -0.113. The van der Waals surface area contributed by atoms with Crippen molar-refractivity contribution in [3.63, 3.8) is 0 Å². The molecule has 5 rings (SSSR count). The highest BCUT2D eigenvalue weighted by atomic mass is 32.1. The Balaban J connectivity index is 1.69. The van der Waals surface area contributed by atoms with Gasteiger partial charge in [0.1, 0.15) is 5.75 Å². The van der Waals surface area contributed by atoms with Crippen molar-refractivity contribution in [2.24, 2.45) is 4.99 Å². The summed E-state index contributed by atoms with van der Waals surface area (Å²) in [7, 11) is 1.60. The van der Waals surface area contributed by atoms with Crippen LogP contribution >= 0.6 is 11.3 Å². The number of para-hydroxylation sites is 1. The molecule has 0 saturated heterocycles. The molecule has 3 heterocycles. The first kappa shape index (κ1) is 25.4. The number of amides is 1. The number of aromatic nitrogens is 3. The van der Waals surface area contributed by atoms with Crippen molar-refractivity contribution < 1.29 is 9.53 Å². The largest absolute Gasteiger partial charge is 0.497 e. The van der Waals surface area contributed by atoms with E-state index in [1.54, 1.807) is 11.7 Å². The summed E-state index contributed by atoms with van der Waals surface area (Å²) in [5.41, 5.74) is 5.04. The van der Waals surface area contributed by atoms with Crippen molar-refractivity contribution in [1.82, 2.24) is 14.3 Å². The molecule has 1 unspecified atom stereocenters. The summed E-state index contributed by atoms with van der Waals surface area (Å²) >= 11 is 1.32. The van der Waals surface area contributed by atoms with Crippen molar-refractivity contribution in [2.45, 2.75) is 40.3 Å². The van der Waals surface area contributed by atoms with Crippen LogP contribution in [0, 0.1) is 13.8 Å². The lowest BCUT2D eigenvalue weighted by Gasteiger charge is -2.25. The van der Waals surface area contributed by atoms with E-state index in [4.69, 9.17) is 9.73 Å². The van der Waals surface area contributed by atoms with Crippen molar-refractivity contribution in [1.29, 1.82) is 0 Å². The second kappa shape index (κ2) is 10.3. The van der Waals surface area contributed by atoms with Gasteiger partial charge in [0.15, 0.2) is 4.80 Å². The van der Waals surface area contributed by atoms with Gasteiger partial charge < -0.3 is 10.1 Å². The fraction of sp³-hybridized carbons (Fsp3) is 0.241. The molecule has 4 aromatic rings. The average molecular weight is 528 g/mol. The maximum atomic E-state index is 13.9. The van der Waals surface area contributed by atoms with E-state index >= 15 is 0 Å². The number of benzene rings is 2. The molecule has 0 fully saturated rings. The first-order chi connectivity index (χ1) is 18.3. The molecule has 9 heteroatoms. The smallest absolute Gasteiger partial charge is 0.271 e. The number of ether oxygens (including phenoxy) is 1. The van der Waals surface area contributed by atoms with E-state index in [9.17, 15) is 9.59 Å². The molecule has 1 N–H and O–H groups in total. The van der Waals surface area contributed by atoms with E-state index in [0.717, 1.165) is 29.1 Å². The Kier molecular flexibility index (Phi) is 6.86. The van der Waals surface area contributed by atoms with Crippen molar-refractivity contribution in [3.8, 4) is 5.75 Å². The minimum Gasteiger partial charge on any atom is -0.497 e. The molecular formula is C29H29N5O3S. The van der Waals surface area contributed by atoms with Crippen LogP contribution in [0.3, 0.4) is 0 Å². The fourth-order valence-corrected chi connectivity index (χ4v) is 5.82. The van der Waals surface area contributed by atoms with E-state index in [1.165, 1.54) is 11.3 Å². The zero-order valence-corrected chi connectivity index (χ0v) is 22.8. The highest BCUT2D eigenvalue weighted by Gasteiger charge is 2.32. The van der Waals surface area contributed by atoms with Crippen molar-refractivity contribution >= 4 is 29.0 Å². The predicted molar refractivity (Wildman–Crippen MR) is 149 cm³/mol. The van der Waals surface area contributed by atoms with Crippen LogP contribution in [0.5, 0.6) is 5.75 Å². The van der Waals surface area contributed by atoms with Gasteiger partial charge >= 0.3 is 0 Å². The monoisotopic (exact) mass is 527 g/mol. The quantitative estimate of drug-likeness (QED) is 0.414. The average Bonchev–Trinajstić information content (AvgIpc) is 3.38. The van der Waals surface area contributed by atoms with Crippen LogP contribution in [0.1, 0.15) is 42.4 Å². The van der Waals surface area contributed by atoms with E-state index in [2.05, 4.69) is 10.4 Å². The number of rotatable bonds is 6. The van der Waals surface area contributed by atoms with E-state index in [1.807, 2.05) is 93.1 Å². The van der Waals surface area contributed by atoms with Crippen LogP contribution in [0.2, 0.25) is 0 Å². The van der Waals surface area contributed by atoms with Crippen LogP contribution in [-0.2, 0) is 11.3 Å². The van der Waals surface area contributed by atoms with Crippen LogP contribution in [0.25, 0.3) is 6.08 Å². The summed E-state index contributed by atoms with van der Waals surface area (Å²) in [6.45, 7) is 8.54. The third-order valence-electron chi connectivity index (χ3n) is 6.74. The molecule has 1 aliphatic heterocycles. The van der Waals surface area contributed by atoms with Gasteiger partial charge in [-0.1, -0.05) is 41.7 Å². The van der Waals surface area contributed by atoms with Gasteiger partial charge in [0.2, 0.25) is 0 Å². The van der Waals surface area contributed by atoms with Gasteiger partial charge in [0, 0.05) is 23.5 Å². The van der Waals surface area contributed by atoms with Crippen molar-refractivity contribution in [3.05, 3.63) is 108 Å². The number of fused-ring (bicyclic) bond motifs is 1. The highest BCUT2D eigenvalue weighted by molar-refractivity contribution is 7.07. The molecule has 194 valence electrons. The molecule has 0 aliphatic carbocycles. The van der Waals surface area contributed by atoms with Crippen molar-refractivity contribution in [2.75, 3.05) is 12.4 Å². The normalized spacial score (nSPS) is 15.3. The number of anilines is 1. The molecule has 1 amide bonds. The fourth-order valence-electron chi connectivity index (χ4n) is 4.79. The first-order valence-electron chi connectivity index (χ1n) is 12.4. The summed E-state index contributed by atoms with van der Waals surface area (Å²) in [4.78, 5) is 32.9. The molecular weight excluding hydrogens is 498 g/mol. The number of carbonyl (C=O) groups is 1. The van der Waals surface area contributed by atoms with E-state index in [-0.39, 0.29) is 11.5 Å². The third kappa shape index (κ3) is 4.50. The molecule has 0 bridgehead atoms. The zero-order valence-electron chi connectivity index (χ0n) is 22.0. The number of methoxy groups -OCH3 is 1. The maximum Gasteiger partial charge on any atom is 0.271 e. The first-order valence-corrected chi connectivity index (χ1v) is 13.2. The molecule has 8 nitrogen and oxygen atoms in total. The number of thiazole rings is 1. The SMILES string of the molecule is CCn1nc(C)c(/C=c2/sc3n(c2=O)C(c2ccc(OC)cc2)C(C(=O)Nc2ccccc2)=C(C)N=3)c1C. The second-order valence-electron chi connectivity index (χ2n) is 9.08. The van der Waals surface area contributed by atoms with Gasteiger partial charge in [0.05, 0.1) is 34.6 Å². The number of allylic oxidation sites excluding steroid dienone is 1. The highest BCUT2D eigenvalue weighted by Crippen LogP contribution is 2.31. The van der Waals surface area contributed by atoms with Gasteiger partial charge in [-0.2, -0.15) is 5.10 Å². The van der Waals surface area contributed by atoms with Gasteiger partial charge in [-0.05, 0) is 63.6 Å². The predicted octanol–water partition coefficient (Wildman–Crippen LogP) is 3.72. The minimum atomic E-state index is -0.649. The Labute approximate surface area is 224 Å². The Hall–Kier alpha value is -4.24. The Morgan fingerprint density at radius 3 is 2.45 bits per heavy atom. The Bertz CT molecular complexity index is 1730. The molecule has 2 aromatic carbocycles. The summed E-state index contributed by atoms with van der Waals surface area (Å²) in [6.07, 6.45) is 1.89. The van der Waals surface area contributed by atoms with E-state index < -0.39 is 6.04 Å². The zero-order chi connectivity index (χ0) is 27.0. The number of nitrogens with zero attached hydrogens (tertiary/aromatic N) is 4. The van der Waals surface area contributed by atoms with Crippen LogP contribution in [-0.4, -0.2) is 27.4 Å². The summed E-state index contributed by atoms with van der Waals surface area (Å²) in [5.74, 6) is 0.388. The second-order valence-corrected chi connectivity index (χ2v) is 10.1. The van der Waals surface area contributed by atoms with Crippen LogP contribution in [0.4, 0.5) is 5.69 Å². The van der Waals surface area contributed by atoms with Crippen LogP contribution < -0.4 is 24.9 Å². The number of nitrogens with one attached hydrogen (secondary N) is 1. The molecule has 0 saturated carbocycles. The number of hydrogen-bond donors (Lipinski definition) is 1. The topological polar surface area (TPSA) is 90.5 Å². The number of hydrogen-bond acceptors (Lipinski definition) is 6. The summed E-state index contributed by atoms with van der Waals surface area (Å²) in [5, 5.41) is 7.56. The maximum absolute atomic E-state index is 13.9. The Morgan fingerprint density at radius 1 is 1.11 bits per heavy atom. The van der Waals surface area contributed by atoms with E-state index in [0.29, 0.717) is 32.0 Å². The minimum absolute atomic E-state index is 0.199. The number of carbonyl (C=O) groups excluding carboxylic acids is 1. The molecule has 1 atom stereocenters. The summed E-state index contributed by atoms with van der Waals surface area (Å²) < 4.78 is 9.43. The standard InChI is InChI=1S/C29H29N5O3S/c1-6-33-19(4)23(17(2)32-33)16-24-28(36)34-26(20-12-14-22(37-5)15-13-20)25(18(3)30-29(34)38-24)27(35)31-21-10-8-7-9-11-21/h7-16,26H,6H2,1-5H3,(H,31,35)/b24-16+. The van der Waals surface area contributed by atoms with Gasteiger partial charge in [-0.3, -0.25) is 18.8 Å². The molecule has 2 aromatic heterocycles. The lowest BCUT2D eigenvalue weighted by Crippen LogP contribution is -2.40. The molecule has 1 aliphatic rings. The lowest BCUT2D eigenvalue weighted by atomic mass is 9.95. The Morgan fingerprint density at radius 2 is 1.82 bits per heavy atom. The summed E-state index contributed by atoms with van der Waals surface area (Å²) in [6, 6.07) is 16.0. The molecule has 0 spiro atoms. The van der Waals surface area contributed by atoms with Gasteiger partial charge in [-0.25, -0.2) is 4.99 Å². The molecule has 38 heavy (non-hydrogen) atoms. The van der Waals surface area contributed by atoms with Crippen LogP contribution in [0.15, 0.2) is 75.7 Å². The van der Waals surface area contributed by atoms with Gasteiger partial charge in [-0.15, -0.1) is 0 Å². The number of aryl methyl sites for hydroxylation is 2. The molecule has 0 radical (unpaired) electrons.